The van der Waals surface area contributed by atoms with Crippen LogP contribution in [0.3, 0.4) is 0 Å². The molecule has 100 valence electrons. The molecule has 2 N–H and O–H groups in total. The minimum atomic E-state index is -0.0710. The second-order valence-electron chi connectivity index (χ2n) is 4.58. The van der Waals surface area contributed by atoms with Gasteiger partial charge in [0.1, 0.15) is 5.75 Å². The smallest absolute Gasteiger partial charge is 0.224 e. The number of aromatic nitrogens is 2. The maximum atomic E-state index is 11.9. The molecule has 0 aliphatic heterocycles. The Morgan fingerprint density at radius 2 is 2.11 bits per heavy atom. The third-order valence-electron chi connectivity index (χ3n) is 2.90. The van der Waals surface area contributed by atoms with Gasteiger partial charge in [0.05, 0.1) is 18.7 Å². The molecule has 0 radical (unpaired) electrons. The number of phenols is 1. The summed E-state index contributed by atoms with van der Waals surface area (Å²) in [5.74, 6) is 0.148. The van der Waals surface area contributed by atoms with E-state index >= 15 is 0 Å². The number of nitrogens with one attached hydrogen (secondary N) is 1. The quantitative estimate of drug-likeness (QED) is 0.875. The van der Waals surface area contributed by atoms with Crippen molar-refractivity contribution in [2.45, 2.75) is 19.4 Å². The molecule has 0 aliphatic carbocycles. The number of hydrogen-bond donors (Lipinski definition) is 2. The van der Waals surface area contributed by atoms with Crippen LogP contribution in [0.4, 0.5) is 0 Å². The summed E-state index contributed by atoms with van der Waals surface area (Å²) < 4.78 is 1.71. The summed E-state index contributed by atoms with van der Waals surface area (Å²) in [5, 5.41) is 16.2. The van der Waals surface area contributed by atoms with Gasteiger partial charge in [-0.1, -0.05) is 12.1 Å². The first-order chi connectivity index (χ1) is 9.04. The molecule has 0 bridgehead atoms. The molecule has 0 saturated heterocycles. The molecule has 0 saturated carbocycles. The van der Waals surface area contributed by atoms with Crippen molar-refractivity contribution in [3.8, 4) is 5.75 Å². The highest BCUT2D eigenvalue weighted by Gasteiger charge is 2.11. The molecule has 1 amide bonds. The van der Waals surface area contributed by atoms with Gasteiger partial charge in [-0.15, -0.1) is 0 Å². The standard InChI is InChI=1S/C14H17N3O2/c1-10(12-8-15-17(2)9-12)16-14(19)7-11-3-5-13(18)6-4-11/h3-6,8-10,18H,7H2,1-2H3,(H,16,19). The van der Waals surface area contributed by atoms with Crippen molar-refractivity contribution in [1.29, 1.82) is 0 Å². The Labute approximate surface area is 111 Å². The van der Waals surface area contributed by atoms with E-state index < -0.39 is 0 Å². The van der Waals surface area contributed by atoms with E-state index in [9.17, 15) is 9.90 Å². The van der Waals surface area contributed by atoms with Crippen molar-refractivity contribution in [2.24, 2.45) is 7.05 Å². The molecular formula is C14H17N3O2. The summed E-state index contributed by atoms with van der Waals surface area (Å²) in [6.07, 6.45) is 3.92. The number of aromatic hydroxyl groups is 1. The van der Waals surface area contributed by atoms with E-state index in [4.69, 9.17) is 0 Å². The molecule has 1 heterocycles. The molecule has 1 aromatic carbocycles. The number of aryl methyl sites for hydroxylation is 1. The summed E-state index contributed by atoms with van der Waals surface area (Å²) >= 11 is 0. The number of amides is 1. The van der Waals surface area contributed by atoms with Crippen molar-refractivity contribution >= 4 is 5.91 Å². The zero-order valence-electron chi connectivity index (χ0n) is 11.0. The van der Waals surface area contributed by atoms with Gasteiger partial charge < -0.3 is 10.4 Å². The lowest BCUT2D eigenvalue weighted by Crippen LogP contribution is -2.27. The summed E-state index contributed by atoms with van der Waals surface area (Å²) in [7, 11) is 1.84. The Morgan fingerprint density at radius 3 is 2.68 bits per heavy atom. The molecular weight excluding hydrogens is 242 g/mol. The van der Waals surface area contributed by atoms with Crippen LogP contribution in [0, 0.1) is 0 Å². The first-order valence-corrected chi connectivity index (χ1v) is 6.10. The van der Waals surface area contributed by atoms with Gasteiger partial charge in [-0.2, -0.15) is 5.10 Å². The van der Waals surface area contributed by atoms with Crippen molar-refractivity contribution < 1.29 is 9.90 Å². The fourth-order valence-corrected chi connectivity index (χ4v) is 1.84. The van der Waals surface area contributed by atoms with E-state index in [2.05, 4.69) is 10.4 Å². The Balaban J connectivity index is 1.92. The fraction of sp³-hybridized carbons (Fsp3) is 0.286. The zero-order chi connectivity index (χ0) is 13.8. The number of rotatable bonds is 4. The van der Waals surface area contributed by atoms with Crippen LogP contribution in [0.5, 0.6) is 5.75 Å². The molecule has 0 aliphatic rings. The average Bonchev–Trinajstić information content (AvgIpc) is 2.79. The van der Waals surface area contributed by atoms with Gasteiger partial charge in [0, 0.05) is 18.8 Å². The number of nitrogens with zero attached hydrogens (tertiary/aromatic N) is 2. The number of phenolic OH excluding ortho intramolecular Hbond substituents is 1. The molecule has 0 spiro atoms. The van der Waals surface area contributed by atoms with Crippen LogP contribution in [0.15, 0.2) is 36.7 Å². The lowest BCUT2D eigenvalue weighted by Gasteiger charge is -2.12. The molecule has 0 fully saturated rings. The predicted octanol–water partition coefficient (Wildman–Crippen LogP) is 1.55. The topological polar surface area (TPSA) is 67.2 Å². The van der Waals surface area contributed by atoms with Crippen LogP contribution in [0.2, 0.25) is 0 Å². The number of benzene rings is 1. The average molecular weight is 259 g/mol. The zero-order valence-corrected chi connectivity index (χ0v) is 11.0. The van der Waals surface area contributed by atoms with E-state index in [1.165, 1.54) is 0 Å². The van der Waals surface area contributed by atoms with Crippen LogP contribution < -0.4 is 5.32 Å². The third kappa shape index (κ3) is 3.58. The summed E-state index contributed by atoms with van der Waals surface area (Å²) in [5.41, 5.74) is 1.84. The molecule has 1 aromatic heterocycles. The van der Waals surface area contributed by atoms with Crippen LogP contribution in [-0.4, -0.2) is 20.8 Å². The highest BCUT2D eigenvalue weighted by atomic mass is 16.3. The number of hydrogen-bond acceptors (Lipinski definition) is 3. The molecule has 1 unspecified atom stereocenters. The van der Waals surface area contributed by atoms with Gasteiger partial charge >= 0.3 is 0 Å². The van der Waals surface area contributed by atoms with Gasteiger partial charge in [-0.05, 0) is 24.6 Å². The normalized spacial score (nSPS) is 12.1. The highest BCUT2D eigenvalue weighted by Crippen LogP contribution is 2.12. The lowest BCUT2D eigenvalue weighted by molar-refractivity contribution is -0.121. The first-order valence-electron chi connectivity index (χ1n) is 6.10. The molecule has 1 atom stereocenters. The maximum Gasteiger partial charge on any atom is 0.224 e. The molecule has 19 heavy (non-hydrogen) atoms. The summed E-state index contributed by atoms with van der Waals surface area (Å²) in [4.78, 5) is 11.9. The van der Waals surface area contributed by atoms with E-state index in [0.717, 1.165) is 11.1 Å². The fourth-order valence-electron chi connectivity index (χ4n) is 1.84. The Hall–Kier alpha value is -2.30. The van der Waals surface area contributed by atoms with Gasteiger partial charge in [-0.3, -0.25) is 9.48 Å². The van der Waals surface area contributed by atoms with Crippen molar-refractivity contribution in [1.82, 2.24) is 15.1 Å². The van der Waals surface area contributed by atoms with Crippen molar-refractivity contribution in [3.63, 3.8) is 0 Å². The second kappa shape index (κ2) is 5.56. The molecule has 2 aromatic rings. The third-order valence-corrected chi connectivity index (χ3v) is 2.90. The molecule has 5 nitrogen and oxygen atoms in total. The minimum absolute atomic E-state index is 0.0537. The Bertz CT molecular complexity index is 560. The summed E-state index contributed by atoms with van der Waals surface area (Å²) in [6.45, 7) is 1.92. The monoisotopic (exact) mass is 259 g/mol. The van der Waals surface area contributed by atoms with Crippen molar-refractivity contribution in [2.75, 3.05) is 0 Å². The van der Waals surface area contributed by atoms with Gasteiger partial charge in [-0.25, -0.2) is 0 Å². The van der Waals surface area contributed by atoms with Crippen molar-refractivity contribution in [3.05, 3.63) is 47.8 Å². The maximum absolute atomic E-state index is 11.9. The number of carbonyl (C=O) groups is 1. The SMILES string of the molecule is CC(NC(=O)Cc1ccc(O)cc1)c1cnn(C)c1. The van der Waals surface area contributed by atoms with E-state index in [1.54, 1.807) is 35.1 Å². The second-order valence-corrected chi connectivity index (χ2v) is 4.58. The van der Waals surface area contributed by atoms with Gasteiger partial charge in [0.15, 0.2) is 0 Å². The largest absolute Gasteiger partial charge is 0.508 e. The first kappa shape index (κ1) is 13.1. The lowest BCUT2D eigenvalue weighted by atomic mass is 10.1. The Morgan fingerprint density at radius 1 is 1.42 bits per heavy atom. The Kier molecular flexibility index (Phi) is 3.85. The summed E-state index contributed by atoms with van der Waals surface area (Å²) in [6, 6.07) is 6.56. The van der Waals surface area contributed by atoms with E-state index in [-0.39, 0.29) is 17.7 Å². The highest BCUT2D eigenvalue weighted by molar-refractivity contribution is 5.79. The van der Waals surface area contributed by atoms with Crippen LogP contribution >= 0.6 is 0 Å². The minimum Gasteiger partial charge on any atom is -0.508 e. The number of carbonyl (C=O) groups excluding carboxylic acids is 1. The van der Waals surface area contributed by atoms with Crippen LogP contribution in [0.1, 0.15) is 24.1 Å². The molecule has 2 rings (SSSR count). The predicted molar refractivity (Wildman–Crippen MR) is 71.6 cm³/mol. The van der Waals surface area contributed by atoms with Crippen LogP contribution in [-0.2, 0) is 18.3 Å². The van der Waals surface area contributed by atoms with Crippen LogP contribution in [0.25, 0.3) is 0 Å². The molecule has 5 heteroatoms. The van der Waals surface area contributed by atoms with Gasteiger partial charge in [0.2, 0.25) is 5.91 Å². The van der Waals surface area contributed by atoms with E-state index in [1.807, 2.05) is 20.2 Å². The van der Waals surface area contributed by atoms with E-state index in [0.29, 0.717) is 6.42 Å². The van der Waals surface area contributed by atoms with Gasteiger partial charge in [0.25, 0.3) is 0 Å².